The van der Waals surface area contributed by atoms with Crippen molar-refractivity contribution < 1.29 is 18.0 Å². The Kier molecular flexibility index (Phi) is 6.64. The number of nitrogens with one attached hydrogen (secondary N) is 1. The summed E-state index contributed by atoms with van der Waals surface area (Å²) in [5, 5.41) is 2.68. The average molecular weight is 452 g/mol. The van der Waals surface area contributed by atoms with E-state index in [1.807, 2.05) is 32.0 Å². The number of carbonyl (C=O) groups is 2. The number of rotatable bonds is 7. The molecule has 3 rings (SSSR count). The molecule has 0 fully saturated rings. The highest BCUT2D eigenvalue weighted by molar-refractivity contribution is 7.92. The molecule has 0 atom stereocenters. The predicted octanol–water partition coefficient (Wildman–Crippen LogP) is 3.62. The maximum atomic E-state index is 12.6. The van der Waals surface area contributed by atoms with Gasteiger partial charge in [0.1, 0.15) is 0 Å². The van der Waals surface area contributed by atoms with E-state index in [1.165, 1.54) is 16.6 Å². The molecule has 0 saturated heterocycles. The molecule has 3 aromatic carbocycles. The summed E-state index contributed by atoms with van der Waals surface area (Å²) in [5.41, 5.74) is 9.52. The Morgan fingerprint density at radius 2 is 1.53 bits per heavy atom. The van der Waals surface area contributed by atoms with Gasteiger partial charge in [0, 0.05) is 5.56 Å². The minimum absolute atomic E-state index is 0.133. The monoisotopic (exact) mass is 451 g/mol. The van der Waals surface area contributed by atoms with Crippen LogP contribution < -0.4 is 15.4 Å². The standard InChI is InChI=1S/C24H25N3O4S/c1-16-12-17(2)14-20(13-16)27(32(3,30)31)15-18-8-10-19(11-9-18)24(29)26-22-7-5-4-6-21(22)23(25)28/h4-14H,15H2,1-3H3,(H2,25,28)(H,26,29). The molecule has 32 heavy (non-hydrogen) atoms. The molecule has 8 heteroatoms. The fraction of sp³-hybridized carbons (Fsp3) is 0.167. The number of benzene rings is 3. The van der Waals surface area contributed by atoms with E-state index >= 15 is 0 Å². The second-order valence-electron chi connectivity index (χ2n) is 7.68. The molecule has 0 spiro atoms. The molecule has 3 N–H and O–H groups in total. The van der Waals surface area contributed by atoms with Gasteiger partial charge in [-0.1, -0.05) is 30.3 Å². The van der Waals surface area contributed by atoms with E-state index in [0.717, 1.165) is 16.7 Å². The number of carbonyl (C=O) groups excluding carboxylic acids is 2. The Morgan fingerprint density at radius 1 is 0.938 bits per heavy atom. The normalized spacial score (nSPS) is 11.1. The van der Waals surface area contributed by atoms with Crippen LogP contribution in [0.3, 0.4) is 0 Å². The van der Waals surface area contributed by atoms with E-state index in [4.69, 9.17) is 5.73 Å². The van der Waals surface area contributed by atoms with Gasteiger partial charge in [-0.05, 0) is 66.9 Å². The molecule has 7 nitrogen and oxygen atoms in total. The van der Waals surface area contributed by atoms with Crippen LogP contribution in [0, 0.1) is 13.8 Å². The van der Waals surface area contributed by atoms with Crippen molar-refractivity contribution in [1.29, 1.82) is 0 Å². The lowest BCUT2D eigenvalue weighted by molar-refractivity contribution is 0.100. The third-order valence-corrected chi connectivity index (χ3v) is 6.02. The third-order valence-electron chi connectivity index (χ3n) is 4.88. The fourth-order valence-corrected chi connectivity index (χ4v) is 4.30. The van der Waals surface area contributed by atoms with Crippen LogP contribution in [-0.4, -0.2) is 26.5 Å². The minimum Gasteiger partial charge on any atom is -0.366 e. The Hall–Kier alpha value is -3.65. The molecule has 0 unspecified atom stereocenters. The van der Waals surface area contributed by atoms with Crippen LogP contribution in [0.2, 0.25) is 0 Å². The van der Waals surface area contributed by atoms with E-state index in [2.05, 4.69) is 5.32 Å². The summed E-state index contributed by atoms with van der Waals surface area (Å²) in [6, 6.07) is 18.7. The topological polar surface area (TPSA) is 110 Å². The van der Waals surface area contributed by atoms with Crippen molar-refractivity contribution >= 4 is 33.2 Å². The molecule has 166 valence electrons. The summed E-state index contributed by atoms with van der Waals surface area (Å²) in [4.78, 5) is 24.2. The average Bonchev–Trinajstić information content (AvgIpc) is 2.71. The molecule has 0 aliphatic heterocycles. The maximum absolute atomic E-state index is 12.6. The van der Waals surface area contributed by atoms with E-state index in [1.54, 1.807) is 42.5 Å². The van der Waals surface area contributed by atoms with E-state index < -0.39 is 21.8 Å². The molecule has 0 aliphatic rings. The Labute approximate surface area is 187 Å². The molecule has 0 saturated carbocycles. The first-order valence-corrected chi connectivity index (χ1v) is 11.7. The van der Waals surface area contributed by atoms with Crippen LogP contribution in [0.25, 0.3) is 0 Å². The second kappa shape index (κ2) is 9.23. The molecule has 0 aliphatic carbocycles. The summed E-state index contributed by atoms with van der Waals surface area (Å²) >= 11 is 0. The van der Waals surface area contributed by atoms with E-state index in [-0.39, 0.29) is 12.1 Å². The molecular weight excluding hydrogens is 426 g/mol. The minimum atomic E-state index is -3.52. The smallest absolute Gasteiger partial charge is 0.255 e. The number of aryl methyl sites for hydroxylation is 2. The number of amides is 2. The third kappa shape index (κ3) is 5.53. The quantitative estimate of drug-likeness (QED) is 0.572. The molecule has 0 bridgehead atoms. The fourth-order valence-electron chi connectivity index (χ4n) is 3.42. The Bertz CT molecular complexity index is 1250. The number of sulfonamides is 1. The van der Waals surface area contributed by atoms with Gasteiger partial charge in [-0.2, -0.15) is 0 Å². The SMILES string of the molecule is Cc1cc(C)cc(N(Cc2ccc(C(=O)Nc3ccccc3C(N)=O)cc2)S(C)(=O)=O)c1. The Balaban J connectivity index is 1.81. The zero-order valence-electron chi connectivity index (χ0n) is 18.1. The van der Waals surface area contributed by atoms with Crippen molar-refractivity contribution in [3.05, 3.63) is 94.5 Å². The van der Waals surface area contributed by atoms with Crippen molar-refractivity contribution in [2.75, 3.05) is 15.9 Å². The van der Waals surface area contributed by atoms with E-state index in [9.17, 15) is 18.0 Å². The van der Waals surface area contributed by atoms with Gasteiger partial charge < -0.3 is 11.1 Å². The van der Waals surface area contributed by atoms with Crippen molar-refractivity contribution in [2.24, 2.45) is 5.73 Å². The first-order valence-electron chi connectivity index (χ1n) is 9.90. The molecule has 0 aromatic heterocycles. The number of primary amides is 1. The highest BCUT2D eigenvalue weighted by Gasteiger charge is 2.19. The van der Waals surface area contributed by atoms with Crippen LogP contribution in [0.5, 0.6) is 0 Å². The molecule has 2 amide bonds. The van der Waals surface area contributed by atoms with Gasteiger partial charge in [0.2, 0.25) is 10.0 Å². The number of nitrogens with zero attached hydrogens (tertiary/aromatic N) is 1. The lowest BCUT2D eigenvalue weighted by Crippen LogP contribution is -2.29. The van der Waals surface area contributed by atoms with Crippen molar-refractivity contribution in [2.45, 2.75) is 20.4 Å². The lowest BCUT2D eigenvalue weighted by atomic mass is 10.1. The summed E-state index contributed by atoms with van der Waals surface area (Å²) in [7, 11) is -3.52. The highest BCUT2D eigenvalue weighted by Crippen LogP contribution is 2.24. The van der Waals surface area contributed by atoms with Crippen LogP contribution in [0.4, 0.5) is 11.4 Å². The van der Waals surface area contributed by atoms with Crippen molar-refractivity contribution in [3.8, 4) is 0 Å². The van der Waals surface area contributed by atoms with Gasteiger partial charge in [-0.15, -0.1) is 0 Å². The van der Waals surface area contributed by atoms with Gasteiger partial charge in [0.25, 0.3) is 11.8 Å². The van der Waals surface area contributed by atoms with Gasteiger partial charge in [-0.25, -0.2) is 8.42 Å². The zero-order valence-corrected chi connectivity index (χ0v) is 18.9. The summed E-state index contributed by atoms with van der Waals surface area (Å²) in [6.07, 6.45) is 1.17. The predicted molar refractivity (Wildman–Crippen MR) is 126 cm³/mol. The number of nitrogens with two attached hydrogens (primary N) is 1. The first-order chi connectivity index (χ1) is 15.0. The van der Waals surface area contributed by atoms with Crippen molar-refractivity contribution in [3.63, 3.8) is 0 Å². The largest absolute Gasteiger partial charge is 0.366 e. The zero-order chi connectivity index (χ0) is 23.5. The van der Waals surface area contributed by atoms with Gasteiger partial charge in [0.05, 0.1) is 29.7 Å². The number of para-hydroxylation sites is 1. The highest BCUT2D eigenvalue weighted by atomic mass is 32.2. The van der Waals surface area contributed by atoms with Crippen LogP contribution in [-0.2, 0) is 16.6 Å². The van der Waals surface area contributed by atoms with Gasteiger partial charge >= 0.3 is 0 Å². The van der Waals surface area contributed by atoms with Crippen LogP contribution in [0.1, 0.15) is 37.4 Å². The maximum Gasteiger partial charge on any atom is 0.255 e. The summed E-state index contributed by atoms with van der Waals surface area (Å²) in [6.45, 7) is 3.97. The van der Waals surface area contributed by atoms with Crippen LogP contribution in [0.15, 0.2) is 66.7 Å². The molecule has 3 aromatic rings. The van der Waals surface area contributed by atoms with Gasteiger partial charge in [-0.3, -0.25) is 13.9 Å². The Morgan fingerprint density at radius 3 is 2.09 bits per heavy atom. The summed E-state index contributed by atoms with van der Waals surface area (Å²) in [5.74, 6) is -1.04. The number of anilines is 2. The molecular formula is C24H25N3O4S. The van der Waals surface area contributed by atoms with Crippen LogP contribution >= 0.6 is 0 Å². The van der Waals surface area contributed by atoms with E-state index in [0.29, 0.717) is 16.9 Å². The summed E-state index contributed by atoms with van der Waals surface area (Å²) < 4.78 is 26.2. The second-order valence-corrected chi connectivity index (χ2v) is 9.58. The van der Waals surface area contributed by atoms with Gasteiger partial charge in [0.15, 0.2) is 0 Å². The first kappa shape index (κ1) is 23.0. The number of hydrogen-bond acceptors (Lipinski definition) is 4. The number of hydrogen-bond donors (Lipinski definition) is 2. The van der Waals surface area contributed by atoms with Crippen molar-refractivity contribution in [1.82, 2.24) is 0 Å². The molecule has 0 radical (unpaired) electrons. The molecule has 0 heterocycles. The lowest BCUT2D eigenvalue weighted by Gasteiger charge is -2.23.